The minimum absolute atomic E-state index is 0.0165. The van der Waals surface area contributed by atoms with E-state index in [1.54, 1.807) is 33.6 Å². The molecule has 4 aromatic heterocycles. The van der Waals surface area contributed by atoms with Crippen molar-refractivity contribution in [3.05, 3.63) is 65.9 Å². The molecule has 0 saturated carbocycles. The minimum Gasteiger partial charge on any atom is -0.384 e. The van der Waals surface area contributed by atoms with Gasteiger partial charge in [-0.2, -0.15) is 19.4 Å². The van der Waals surface area contributed by atoms with E-state index < -0.39 is 0 Å². The summed E-state index contributed by atoms with van der Waals surface area (Å²) < 4.78 is 5.30. The molecule has 0 spiro atoms. The molecule has 7 rings (SSSR count). The van der Waals surface area contributed by atoms with Gasteiger partial charge in [0.25, 0.3) is 0 Å². The molecule has 47 heavy (non-hydrogen) atoms. The van der Waals surface area contributed by atoms with Crippen LogP contribution in [0.2, 0.25) is 0 Å². The van der Waals surface area contributed by atoms with Gasteiger partial charge < -0.3 is 27.4 Å². The normalized spacial score (nSPS) is 22.9. The molecule has 0 aromatic carbocycles. The largest absolute Gasteiger partial charge is 0.384 e. The maximum Gasteiger partial charge on any atom is 0.344 e. The lowest BCUT2D eigenvalue weighted by molar-refractivity contribution is -0.752. The molecule has 0 bridgehead atoms. The van der Waals surface area contributed by atoms with E-state index in [2.05, 4.69) is 31.1 Å². The van der Waals surface area contributed by atoms with E-state index in [9.17, 15) is 4.79 Å². The van der Waals surface area contributed by atoms with Crippen molar-refractivity contribution >= 4 is 28.8 Å². The first-order valence-electron chi connectivity index (χ1n) is 16.1. The number of aromatic nitrogens is 7. The average molecular weight is 640 g/mol. The number of likely N-dealkylation sites (N-methyl/N-ethyl adjacent to an activating group) is 1. The Bertz CT molecular complexity index is 1910. The molecule has 246 valence electrons. The Morgan fingerprint density at radius 2 is 1.96 bits per heavy atom. The average Bonchev–Trinajstić information content (AvgIpc) is 3.82. The highest BCUT2D eigenvalue weighted by Gasteiger charge is 2.34. The highest BCUT2D eigenvalue weighted by molar-refractivity contribution is 5.94. The van der Waals surface area contributed by atoms with E-state index in [4.69, 9.17) is 16.5 Å². The number of aliphatic imine (C=N–C) groups is 1. The van der Waals surface area contributed by atoms with Crippen LogP contribution in [0.3, 0.4) is 0 Å². The summed E-state index contributed by atoms with van der Waals surface area (Å²) in [5.74, 6) is 2.21. The predicted octanol–water partition coefficient (Wildman–Crippen LogP) is 0.501. The summed E-state index contributed by atoms with van der Waals surface area (Å²) in [5, 5.41) is 20.9. The molecule has 2 saturated heterocycles. The molecule has 4 aromatic rings. The number of fused-ring (bicyclic) bond motifs is 1. The van der Waals surface area contributed by atoms with Crippen molar-refractivity contribution in [3.63, 3.8) is 0 Å². The lowest BCUT2D eigenvalue weighted by Gasteiger charge is -2.29. The summed E-state index contributed by atoms with van der Waals surface area (Å²) in [7, 11) is 5.59. The highest BCUT2D eigenvalue weighted by Crippen LogP contribution is 2.30. The van der Waals surface area contributed by atoms with Crippen molar-refractivity contribution in [2.24, 2.45) is 30.7 Å². The summed E-state index contributed by atoms with van der Waals surface area (Å²) in [6, 6.07) is 1.56. The third kappa shape index (κ3) is 5.87. The number of nitrogen functional groups attached to an aromatic ring is 1. The topological polar surface area (TPSA) is 178 Å². The zero-order chi connectivity index (χ0) is 32.8. The number of anilines is 1. The van der Waals surface area contributed by atoms with Gasteiger partial charge in [0.1, 0.15) is 43.8 Å². The van der Waals surface area contributed by atoms with Gasteiger partial charge >= 0.3 is 5.91 Å². The summed E-state index contributed by atoms with van der Waals surface area (Å²) in [4.78, 5) is 25.1. The number of nitrogens with one attached hydrogen (secondary N) is 3. The van der Waals surface area contributed by atoms with E-state index >= 15 is 0 Å². The standard InChI is InChI=1S/C32H43N14O/c1-19(30-39-26(10-28(33)41-30)20-6-5-9-35-12-20)23-17-43(3)45(18-23)44(4)32(47)25-8-7-21(13-36-25)27-11-29(34)46-31(40-27)24(15-38-46)22-14-37-42(2)16-22/h10-11,14-18,20-21,25,35-36,39H,5-9,12-13,34H2,1-4H3,(H2,33,41)/q+1/b30-19+/t20-,21-,25-/m0/s1. The van der Waals surface area contributed by atoms with Gasteiger partial charge in [0, 0.05) is 72.2 Å². The summed E-state index contributed by atoms with van der Waals surface area (Å²) in [6.45, 7) is 4.60. The maximum absolute atomic E-state index is 13.7. The van der Waals surface area contributed by atoms with Gasteiger partial charge in [-0.05, 0) is 45.2 Å². The van der Waals surface area contributed by atoms with Crippen LogP contribution < -0.4 is 37.1 Å². The first kappa shape index (κ1) is 30.6. The summed E-state index contributed by atoms with van der Waals surface area (Å²) in [5.41, 5.74) is 19.0. The number of amides is 1. The van der Waals surface area contributed by atoms with E-state index in [1.807, 2.05) is 61.2 Å². The molecule has 1 amide bonds. The highest BCUT2D eigenvalue weighted by atomic mass is 16.2. The van der Waals surface area contributed by atoms with Gasteiger partial charge in [-0.1, -0.05) is 4.79 Å². The number of hydrogen-bond donors (Lipinski definition) is 5. The molecular weight excluding hydrogens is 596 g/mol. The molecule has 15 nitrogen and oxygen atoms in total. The third-order valence-corrected chi connectivity index (χ3v) is 9.53. The van der Waals surface area contributed by atoms with Crippen LogP contribution >= 0.6 is 0 Å². The second-order valence-electron chi connectivity index (χ2n) is 12.8. The molecule has 0 unspecified atom stereocenters. The van der Waals surface area contributed by atoms with E-state index in [0.29, 0.717) is 36.2 Å². The predicted molar refractivity (Wildman–Crippen MR) is 179 cm³/mol. The minimum atomic E-state index is -0.329. The summed E-state index contributed by atoms with van der Waals surface area (Å²) in [6.07, 6.45) is 15.1. The molecule has 3 aliphatic heterocycles. The number of nitrogens with two attached hydrogens (primary N) is 2. The van der Waals surface area contributed by atoms with Crippen LogP contribution in [0.1, 0.15) is 49.8 Å². The van der Waals surface area contributed by atoms with Crippen molar-refractivity contribution in [3.8, 4) is 11.1 Å². The Labute approximate surface area is 273 Å². The van der Waals surface area contributed by atoms with Crippen molar-refractivity contribution in [1.82, 2.24) is 45.1 Å². The number of carbonyl (C=O) groups is 1. The third-order valence-electron chi connectivity index (χ3n) is 9.53. The maximum atomic E-state index is 13.7. The molecule has 7 N–H and O–H groups in total. The van der Waals surface area contributed by atoms with Gasteiger partial charge in [0.05, 0.1) is 24.3 Å². The lowest BCUT2D eigenvalue weighted by Crippen LogP contribution is -2.57. The number of aryl methyl sites for hydroxylation is 2. The van der Waals surface area contributed by atoms with Crippen LogP contribution in [-0.2, 0) is 18.9 Å². The van der Waals surface area contributed by atoms with Gasteiger partial charge in [0.2, 0.25) is 0 Å². The Balaban J connectivity index is 1.03. The molecular formula is C32H43N14O+. The van der Waals surface area contributed by atoms with Crippen molar-refractivity contribution in [1.29, 1.82) is 0 Å². The Kier molecular flexibility index (Phi) is 8.01. The second-order valence-corrected chi connectivity index (χ2v) is 12.8. The van der Waals surface area contributed by atoms with Gasteiger partial charge in [-0.3, -0.25) is 4.68 Å². The number of allylic oxidation sites excluding steroid dienone is 1. The Hall–Kier alpha value is -5.02. The molecule has 3 aliphatic rings. The lowest BCUT2D eigenvalue weighted by atomic mass is 9.91. The molecule has 7 heterocycles. The number of rotatable bonds is 6. The van der Waals surface area contributed by atoms with E-state index in [1.165, 1.54) is 0 Å². The fourth-order valence-corrected chi connectivity index (χ4v) is 6.80. The van der Waals surface area contributed by atoms with Crippen molar-refractivity contribution in [2.45, 2.75) is 44.6 Å². The van der Waals surface area contributed by atoms with E-state index in [-0.39, 0.29) is 17.9 Å². The SMILES string of the molecule is C/C(=C1\N=C(N)C=C([C@H]2CCCNC2)N1)c1cn(N(C)C(=O)[C@@H]2CC[C@H](c3cc(N)n4ncc(-c5cnn(C)c5)c4n3)CN2)[n+](C)c1. The number of carbonyl (C=O) groups excluding carboxylic acids is 1. The second kappa shape index (κ2) is 12.3. The van der Waals surface area contributed by atoms with Crippen LogP contribution in [0.5, 0.6) is 0 Å². The molecule has 15 heteroatoms. The Morgan fingerprint density at radius 3 is 2.68 bits per heavy atom. The van der Waals surface area contributed by atoms with Gasteiger partial charge in [0.15, 0.2) is 5.65 Å². The fourth-order valence-electron chi connectivity index (χ4n) is 6.80. The van der Waals surface area contributed by atoms with Crippen LogP contribution in [0.15, 0.2) is 59.6 Å². The van der Waals surface area contributed by atoms with Crippen LogP contribution in [0, 0.1) is 5.92 Å². The zero-order valence-corrected chi connectivity index (χ0v) is 27.3. The monoisotopic (exact) mass is 639 g/mol. The van der Waals surface area contributed by atoms with Gasteiger partial charge in [-0.25, -0.2) is 14.8 Å². The van der Waals surface area contributed by atoms with Crippen LogP contribution in [0.25, 0.3) is 22.3 Å². The first-order valence-corrected chi connectivity index (χ1v) is 16.1. The van der Waals surface area contributed by atoms with E-state index in [0.717, 1.165) is 71.8 Å². The number of amidine groups is 1. The summed E-state index contributed by atoms with van der Waals surface area (Å²) >= 11 is 0. The number of piperidine rings is 2. The smallest absolute Gasteiger partial charge is 0.344 e. The fraction of sp³-hybridized carbons (Fsp3) is 0.438. The molecule has 0 aliphatic carbocycles. The molecule has 2 fully saturated rings. The number of nitrogens with zero attached hydrogens (tertiary/aromatic N) is 9. The first-order chi connectivity index (χ1) is 22.7. The van der Waals surface area contributed by atoms with Crippen LogP contribution in [0.4, 0.5) is 5.82 Å². The van der Waals surface area contributed by atoms with Crippen molar-refractivity contribution < 1.29 is 9.48 Å². The van der Waals surface area contributed by atoms with Crippen LogP contribution in [-0.4, -0.2) is 73.6 Å². The van der Waals surface area contributed by atoms with Gasteiger partial charge in [-0.15, -0.1) is 5.01 Å². The zero-order valence-electron chi connectivity index (χ0n) is 27.3. The quantitative estimate of drug-likeness (QED) is 0.188. The number of hydrogen-bond acceptors (Lipinski definition) is 10. The van der Waals surface area contributed by atoms with Crippen molar-refractivity contribution in [2.75, 3.05) is 37.4 Å². The molecule has 0 radical (unpaired) electrons. The Morgan fingerprint density at radius 1 is 1.11 bits per heavy atom. The molecule has 3 atom stereocenters.